The van der Waals surface area contributed by atoms with Gasteiger partial charge in [-0.1, -0.05) is 35.0 Å². The van der Waals surface area contributed by atoms with Gasteiger partial charge >= 0.3 is 0 Å². The SMILES string of the molecule is CC1=C(c2nc(-c3ccc(F)cc3)no2)C(c2ccc(F)cc2)NC(=S)N1c1cccc(Cl)c1. The second kappa shape index (κ2) is 8.96. The minimum absolute atomic E-state index is 0.258. The topological polar surface area (TPSA) is 54.2 Å². The summed E-state index contributed by atoms with van der Waals surface area (Å²) < 4.78 is 32.6. The average molecular weight is 495 g/mol. The van der Waals surface area contributed by atoms with Crippen LogP contribution in [0.2, 0.25) is 5.02 Å². The summed E-state index contributed by atoms with van der Waals surface area (Å²) in [6.45, 7) is 1.89. The van der Waals surface area contributed by atoms with E-state index >= 15 is 0 Å². The number of thiocarbonyl (C=S) groups is 1. The molecule has 0 fully saturated rings. The second-order valence-corrected chi connectivity index (χ2v) is 8.50. The van der Waals surface area contributed by atoms with Crippen molar-refractivity contribution in [1.82, 2.24) is 15.5 Å². The van der Waals surface area contributed by atoms with Gasteiger partial charge in [-0.3, -0.25) is 4.90 Å². The van der Waals surface area contributed by atoms with E-state index in [0.29, 0.717) is 27.1 Å². The molecule has 5 nitrogen and oxygen atoms in total. The van der Waals surface area contributed by atoms with Crippen molar-refractivity contribution >= 4 is 40.2 Å². The van der Waals surface area contributed by atoms with Gasteiger partial charge in [-0.05, 0) is 79.3 Å². The highest BCUT2D eigenvalue weighted by atomic mass is 35.5. The largest absolute Gasteiger partial charge is 0.351 e. The molecule has 0 aliphatic carbocycles. The van der Waals surface area contributed by atoms with Crippen LogP contribution in [0.25, 0.3) is 17.0 Å². The van der Waals surface area contributed by atoms with E-state index in [4.69, 9.17) is 28.3 Å². The zero-order chi connectivity index (χ0) is 23.8. The van der Waals surface area contributed by atoms with Crippen LogP contribution >= 0.6 is 23.8 Å². The Hall–Kier alpha value is -3.62. The molecular formula is C25H17ClF2N4OS. The van der Waals surface area contributed by atoms with Gasteiger partial charge in [-0.25, -0.2) is 8.78 Å². The van der Waals surface area contributed by atoms with Gasteiger partial charge in [0.2, 0.25) is 5.82 Å². The maximum Gasteiger partial charge on any atom is 0.258 e. The first-order valence-electron chi connectivity index (χ1n) is 10.3. The predicted molar refractivity (Wildman–Crippen MR) is 131 cm³/mol. The number of nitrogens with one attached hydrogen (secondary N) is 1. The van der Waals surface area contributed by atoms with Crippen LogP contribution in [0.4, 0.5) is 14.5 Å². The highest BCUT2D eigenvalue weighted by Crippen LogP contribution is 2.39. The molecule has 0 spiro atoms. The first-order chi connectivity index (χ1) is 16.4. The van der Waals surface area contributed by atoms with Crippen LogP contribution in [0.3, 0.4) is 0 Å². The van der Waals surface area contributed by atoms with Crippen molar-refractivity contribution in [2.45, 2.75) is 13.0 Å². The minimum Gasteiger partial charge on any atom is -0.351 e. The summed E-state index contributed by atoms with van der Waals surface area (Å²) in [6.07, 6.45) is 0. The fourth-order valence-corrected chi connectivity index (χ4v) is 4.45. The number of benzene rings is 3. The standard InChI is InChI=1S/C25H17ClF2N4OS/c1-14-21(24-30-23(31-33-24)16-7-11-19(28)12-8-16)22(15-5-9-18(27)10-6-15)29-25(34)32(14)20-4-2-3-17(26)13-20/h2-13,22H,1H3,(H,29,34). The Labute approximate surface area is 204 Å². The van der Waals surface area contributed by atoms with Crippen molar-refractivity contribution in [3.8, 4) is 11.4 Å². The summed E-state index contributed by atoms with van der Waals surface area (Å²) in [7, 11) is 0. The lowest BCUT2D eigenvalue weighted by molar-refractivity contribution is 0.404. The first-order valence-corrected chi connectivity index (χ1v) is 11.1. The zero-order valence-corrected chi connectivity index (χ0v) is 19.4. The number of nitrogens with zero attached hydrogens (tertiary/aromatic N) is 3. The lowest BCUT2D eigenvalue weighted by atomic mass is 9.94. The van der Waals surface area contributed by atoms with E-state index in [1.54, 1.807) is 36.4 Å². The number of hydrogen-bond donors (Lipinski definition) is 1. The Kier molecular flexibility index (Phi) is 5.85. The Balaban J connectivity index is 1.65. The van der Waals surface area contributed by atoms with E-state index < -0.39 is 6.04 Å². The Morgan fingerprint density at radius 1 is 1.00 bits per heavy atom. The van der Waals surface area contributed by atoms with Crippen LogP contribution < -0.4 is 10.2 Å². The molecule has 1 atom stereocenters. The van der Waals surface area contributed by atoms with Crippen LogP contribution in [0.15, 0.2) is 83.0 Å². The molecule has 0 bridgehead atoms. The Morgan fingerprint density at radius 3 is 2.35 bits per heavy atom. The van der Waals surface area contributed by atoms with Gasteiger partial charge in [0.15, 0.2) is 5.11 Å². The highest BCUT2D eigenvalue weighted by Gasteiger charge is 2.34. The highest BCUT2D eigenvalue weighted by molar-refractivity contribution is 7.80. The van der Waals surface area contributed by atoms with E-state index in [9.17, 15) is 8.78 Å². The number of rotatable bonds is 4. The third-order valence-corrected chi connectivity index (χ3v) is 6.05. The Bertz CT molecular complexity index is 1400. The molecule has 1 aliphatic rings. The lowest BCUT2D eigenvalue weighted by Crippen LogP contribution is -2.46. The molecule has 0 saturated heterocycles. The molecule has 0 amide bonds. The van der Waals surface area contributed by atoms with E-state index in [2.05, 4.69) is 15.5 Å². The van der Waals surface area contributed by atoms with Crippen LogP contribution in [0.5, 0.6) is 0 Å². The molecule has 4 aromatic rings. The average Bonchev–Trinajstić information content (AvgIpc) is 3.29. The quantitative estimate of drug-likeness (QED) is 0.325. The molecule has 0 radical (unpaired) electrons. The fourth-order valence-electron chi connectivity index (χ4n) is 3.90. The monoisotopic (exact) mass is 494 g/mol. The van der Waals surface area contributed by atoms with E-state index in [1.165, 1.54) is 24.3 Å². The molecule has 3 aromatic carbocycles. The van der Waals surface area contributed by atoms with Crippen molar-refractivity contribution in [2.24, 2.45) is 0 Å². The molecule has 1 aromatic heterocycles. The number of aromatic nitrogens is 2. The van der Waals surface area contributed by atoms with Gasteiger partial charge in [0, 0.05) is 22.0 Å². The third kappa shape index (κ3) is 4.18. The number of anilines is 1. The van der Waals surface area contributed by atoms with Crippen LogP contribution in [-0.4, -0.2) is 15.3 Å². The molecular weight excluding hydrogens is 478 g/mol. The normalized spacial score (nSPS) is 16.1. The van der Waals surface area contributed by atoms with Crippen LogP contribution in [-0.2, 0) is 0 Å². The van der Waals surface area contributed by atoms with Crippen LogP contribution in [0, 0.1) is 11.6 Å². The summed E-state index contributed by atoms with van der Waals surface area (Å²) >= 11 is 11.9. The Morgan fingerprint density at radius 2 is 1.68 bits per heavy atom. The van der Waals surface area contributed by atoms with Gasteiger partial charge < -0.3 is 9.84 Å². The van der Waals surface area contributed by atoms with Gasteiger partial charge in [-0.2, -0.15) is 4.98 Å². The molecule has 1 N–H and O–H groups in total. The summed E-state index contributed by atoms with van der Waals surface area (Å²) in [5, 5.41) is 8.41. The molecule has 2 heterocycles. The second-order valence-electron chi connectivity index (χ2n) is 7.68. The van der Waals surface area contributed by atoms with E-state index in [-0.39, 0.29) is 17.5 Å². The number of halogens is 3. The summed E-state index contributed by atoms with van der Waals surface area (Å²) in [5.41, 5.74) is 3.55. The molecule has 0 saturated carbocycles. The van der Waals surface area contributed by atoms with Gasteiger partial charge in [0.05, 0.1) is 11.6 Å². The summed E-state index contributed by atoms with van der Waals surface area (Å²) in [6, 6.07) is 18.8. The predicted octanol–water partition coefficient (Wildman–Crippen LogP) is 6.54. The first kappa shape index (κ1) is 22.2. The number of allylic oxidation sites excluding steroid dienone is 1. The number of hydrogen-bond acceptors (Lipinski definition) is 4. The van der Waals surface area contributed by atoms with E-state index in [0.717, 1.165) is 16.9 Å². The van der Waals surface area contributed by atoms with E-state index in [1.807, 2.05) is 24.0 Å². The van der Waals surface area contributed by atoms with Gasteiger partial charge in [-0.15, -0.1) is 0 Å². The molecule has 1 aliphatic heterocycles. The molecule has 1 unspecified atom stereocenters. The van der Waals surface area contributed by atoms with Crippen molar-refractivity contribution in [3.05, 3.63) is 107 Å². The summed E-state index contributed by atoms with van der Waals surface area (Å²) in [4.78, 5) is 6.41. The van der Waals surface area contributed by atoms with Crippen molar-refractivity contribution in [2.75, 3.05) is 4.90 Å². The minimum atomic E-state index is -0.468. The molecule has 5 rings (SSSR count). The van der Waals surface area contributed by atoms with Gasteiger partial charge in [0.25, 0.3) is 5.89 Å². The van der Waals surface area contributed by atoms with Crippen molar-refractivity contribution in [3.63, 3.8) is 0 Å². The zero-order valence-electron chi connectivity index (χ0n) is 17.8. The van der Waals surface area contributed by atoms with Crippen molar-refractivity contribution < 1.29 is 13.3 Å². The summed E-state index contributed by atoms with van der Waals surface area (Å²) in [5.74, 6) is -0.130. The fraction of sp³-hybridized carbons (Fsp3) is 0.0800. The third-order valence-electron chi connectivity index (χ3n) is 5.51. The lowest BCUT2D eigenvalue weighted by Gasteiger charge is -2.37. The molecule has 34 heavy (non-hydrogen) atoms. The van der Waals surface area contributed by atoms with Crippen LogP contribution in [0.1, 0.15) is 24.4 Å². The van der Waals surface area contributed by atoms with Crippen molar-refractivity contribution in [1.29, 1.82) is 0 Å². The molecule has 9 heteroatoms. The maximum atomic E-state index is 13.6. The van der Waals surface area contributed by atoms with Gasteiger partial charge in [0.1, 0.15) is 11.6 Å². The maximum absolute atomic E-state index is 13.6. The molecule has 170 valence electrons. The smallest absolute Gasteiger partial charge is 0.258 e.